The van der Waals surface area contributed by atoms with Gasteiger partial charge in [0.15, 0.2) is 5.78 Å². The largest absolute Gasteiger partial charge is 1.00 e. The molecule has 320 valence electrons. The number of ketones is 1. The Morgan fingerprint density at radius 3 is 2.31 bits per heavy atom. The molecule has 0 aliphatic carbocycles. The molecule has 1 amide bonds. The minimum atomic E-state index is -2.35. The number of hydrogen-bond donors (Lipinski definition) is 6. The van der Waals surface area contributed by atoms with Crippen molar-refractivity contribution in [1.29, 1.82) is 0 Å². The molecule has 2 aliphatic rings. The summed E-state index contributed by atoms with van der Waals surface area (Å²) in [6.45, 7) is 12.2. The van der Waals surface area contributed by atoms with Gasteiger partial charge in [-0.15, -0.1) is 0 Å². The number of hydrogen-bond acceptors (Lipinski definition) is 12. The van der Waals surface area contributed by atoms with Gasteiger partial charge in [0.2, 0.25) is 11.7 Å². The van der Waals surface area contributed by atoms with E-state index in [-0.39, 0.29) is 48.1 Å². The maximum absolute atomic E-state index is 13.3. The number of carbonyl (C=O) groups excluding carboxylic acids is 2. The van der Waals surface area contributed by atoms with Crippen molar-refractivity contribution in [3.05, 3.63) is 112 Å². The fraction of sp³-hybridized carbons (Fsp3) is 0.523. The second-order valence-corrected chi connectivity index (χ2v) is 15.4. The van der Waals surface area contributed by atoms with Crippen molar-refractivity contribution in [3.8, 4) is 5.75 Å². The fourth-order valence-corrected chi connectivity index (χ4v) is 7.25. The average molecular weight is 833 g/mol. The summed E-state index contributed by atoms with van der Waals surface area (Å²) in [4.78, 5) is 38.3. The Labute approximate surface area is 369 Å². The normalized spacial score (nSPS) is 29.4. The van der Waals surface area contributed by atoms with Crippen LogP contribution >= 0.6 is 0 Å². The van der Waals surface area contributed by atoms with Crippen molar-refractivity contribution in [1.82, 2.24) is 9.88 Å². The Balaban J connectivity index is 0.0000120. The average Bonchev–Trinajstić information content (AvgIpc) is 3.46. The van der Waals surface area contributed by atoms with E-state index in [4.69, 9.17) is 14.2 Å². The topological polar surface area (TPSA) is 220 Å². The zero-order chi connectivity index (χ0) is 43.5. The molecule has 0 radical (unpaired) electrons. The van der Waals surface area contributed by atoms with Crippen LogP contribution in [0.1, 0.15) is 65.2 Å². The molecule has 3 rings (SSSR count). The van der Waals surface area contributed by atoms with E-state index in [2.05, 4.69) is 5.32 Å². The van der Waals surface area contributed by atoms with Crippen LogP contribution in [0.3, 0.4) is 0 Å². The van der Waals surface area contributed by atoms with E-state index in [0.29, 0.717) is 0 Å². The Hall–Kier alpha value is -3.25. The van der Waals surface area contributed by atoms with Crippen molar-refractivity contribution >= 4 is 11.7 Å². The van der Waals surface area contributed by atoms with Crippen molar-refractivity contribution < 1.29 is 84.0 Å². The second-order valence-electron chi connectivity index (χ2n) is 15.4. The number of Topliss-reactive ketones (excluding diaryl/α,β-unsaturated/α-hetero) is 1. The van der Waals surface area contributed by atoms with Crippen LogP contribution in [0.5, 0.6) is 5.75 Å². The van der Waals surface area contributed by atoms with Crippen LogP contribution in [0.25, 0.3) is 0 Å². The van der Waals surface area contributed by atoms with Gasteiger partial charge in [-0.1, -0.05) is 112 Å². The summed E-state index contributed by atoms with van der Waals surface area (Å²) < 4.78 is 19.0. The molecule has 14 nitrogen and oxygen atoms in total. The molecule has 1 aromatic rings. The van der Waals surface area contributed by atoms with E-state index in [1.54, 1.807) is 81.5 Å². The molecule has 0 spiro atoms. The number of aliphatic hydroxyl groups excluding tert-OH is 4. The minimum Gasteiger partial charge on any atom is -0.872 e. The third-order valence-electron chi connectivity index (χ3n) is 11.0. The first-order valence-corrected chi connectivity index (χ1v) is 19.4. The van der Waals surface area contributed by atoms with E-state index >= 15 is 0 Å². The number of aromatic nitrogens is 1. The van der Waals surface area contributed by atoms with E-state index in [1.165, 1.54) is 33.4 Å². The van der Waals surface area contributed by atoms with Gasteiger partial charge in [0, 0.05) is 38.2 Å². The van der Waals surface area contributed by atoms with Gasteiger partial charge in [0.05, 0.1) is 35.9 Å². The molecule has 2 fully saturated rings. The van der Waals surface area contributed by atoms with E-state index in [1.807, 2.05) is 26.8 Å². The standard InChI is InChI=1S/C44H62N2O12.Na/c1-10-12-14-22-32-43(6,7)39(51)40(52)44(55,58-32)29(11-2)41(53)45-24-18-17-20-27(4)37(56-9)28(5)38-36(50)35(49)31(57-38)21-16-13-15-19-26(3)34(48)33-30(47)23-25-46(8)42(33)54;/h10,12-23,25,28-29,31-32,35-40,47,49-52,55H,11,24H2,1-9H3,(H,45,53);/q;+1/p-1/b12-10-,15-13+,18-17+,21-16+,22-14+,26-19+,27-20+;/t28-,29-,31-,32+,35+,36+,37-,38+,39+,40-,44-;/m1./s1. The molecule has 11 atom stereocenters. The van der Waals surface area contributed by atoms with Crippen LogP contribution in [-0.2, 0) is 26.1 Å². The number of allylic oxidation sites excluding steroid dienone is 10. The van der Waals surface area contributed by atoms with Crippen LogP contribution in [0.2, 0.25) is 0 Å². The van der Waals surface area contributed by atoms with Crippen molar-refractivity contribution in [2.24, 2.45) is 24.3 Å². The smallest absolute Gasteiger partial charge is 0.872 e. The van der Waals surface area contributed by atoms with Gasteiger partial charge in [-0.25, -0.2) is 0 Å². The number of ether oxygens (including phenoxy) is 3. The molecular formula is C44H61N2NaO12. The fourth-order valence-electron chi connectivity index (χ4n) is 7.25. The Morgan fingerprint density at radius 1 is 1.02 bits per heavy atom. The molecule has 0 aromatic carbocycles. The van der Waals surface area contributed by atoms with Gasteiger partial charge in [0.25, 0.3) is 5.56 Å². The molecule has 15 heteroatoms. The van der Waals surface area contributed by atoms with Crippen molar-refractivity contribution in [3.63, 3.8) is 0 Å². The summed E-state index contributed by atoms with van der Waals surface area (Å²) >= 11 is 0. The molecule has 2 aliphatic heterocycles. The molecule has 6 N–H and O–H groups in total. The van der Waals surface area contributed by atoms with E-state index in [9.17, 15) is 45.0 Å². The summed E-state index contributed by atoms with van der Waals surface area (Å²) in [6, 6.07) is 1.16. The van der Waals surface area contributed by atoms with Crippen LogP contribution < -0.4 is 45.5 Å². The first-order valence-electron chi connectivity index (χ1n) is 19.4. The van der Waals surface area contributed by atoms with Gasteiger partial charge in [0.1, 0.15) is 24.4 Å². The molecule has 1 aromatic heterocycles. The minimum absolute atomic E-state index is 0. The van der Waals surface area contributed by atoms with Gasteiger partial charge in [-0.05, 0) is 38.3 Å². The first kappa shape index (κ1) is 51.9. The van der Waals surface area contributed by atoms with Crippen molar-refractivity contribution in [2.75, 3.05) is 13.7 Å². The number of aliphatic hydroxyl groups is 5. The molecular weight excluding hydrogens is 771 g/mol. The second kappa shape index (κ2) is 23.1. The monoisotopic (exact) mass is 832 g/mol. The first-order chi connectivity index (χ1) is 27.3. The van der Waals surface area contributed by atoms with E-state index < -0.39 is 100 Å². The van der Waals surface area contributed by atoms with Gasteiger partial charge in [-0.2, -0.15) is 0 Å². The van der Waals surface area contributed by atoms with Crippen molar-refractivity contribution in [2.45, 2.75) is 110 Å². The number of nitrogens with zero attached hydrogens (tertiary/aromatic N) is 1. The third-order valence-corrected chi connectivity index (χ3v) is 11.0. The molecule has 59 heavy (non-hydrogen) atoms. The molecule has 0 saturated carbocycles. The number of nitrogens with one attached hydrogen (secondary N) is 1. The summed E-state index contributed by atoms with van der Waals surface area (Å²) in [5.41, 5.74) is -1.10. The van der Waals surface area contributed by atoms with Crippen LogP contribution in [0, 0.1) is 17.3 Å². The maximum atomic E-state index is 13.3. The Morgan fingerprint density at radius 2 is 1.68 bits per heavy atom. The number of amides is 1. The Bertz CT molecular complexity index is 1860. The SMILES string of the molecule is C/C=C\C=C\[C@@H]1O[C@](O)([C@H](CC)C(=O)NC/C=C/C=C(\C)[C@@H](OC)[C@@H](C)[C@@H]2O[C@H](/C=C/C=C/C=C(\C)C(=O)c3c([O-])ccn(C)c3=O)[C@H](O)[C@@H]2O)[C@H](O)[C@H](O)C1(C)C.[Na+]. The zero-order valence-corrected chi connectivity index (χ0v) is 37.8. The predicted octanol–water partition coefficient (Wildman–Crippen LogP) is -0.543. The number of carbonyl (C=O) groups is 2. The number of aryl methyl sites for hydroxylation is 1. The zero-order valence-electron chi connectivity index (χ0n) is 35.8. The number of pyridine rings is 1. The van der Waals surface area contributed by atoms with Crippen LogP contribution in [-0.4, -0.2) is 110 Å². The third kappa shape index (κ3) is 12.2. The summed E-state index contributed by atoms with van der Waals surface area (Å²) in [5, 5.41) is 70.0. The molecule has 0 unspecified atom stereocenters. The van der Waals surface area contributed by atoms with Gasteiger partial charge in [-0.3, -0.25) is 14.4 Å². The van der Waals surface area contributed by atoms with Crippen LogP contribution in [0.4, 0.5) is 0 Å². The Kier molecular flexibility index (Phi) is 20.3. The summed E-state index contributed by atoms with van der Waals surface area (Å²) in [7, 11) is 2.97. The van der Waals surface area contributed by atoms with Gasteiger partial charge < -0.3 is 54.7 Å². The van der Waals surface area contributed by atoms with E-state index in [0.717, 1.165) is 16.2 Å². The summed E-state index contributed by atoms with van der Waals surface area (Å²) in [6.07, 6.45) is 12.8. The van der Waals surface area contributed by atoms with Gasteiger partial charge >= 0.3 is 29.6 Å². The molecule has 3 heterocycles. The maximum Gasteiger partial charge on any atom is 1.00 e. The quantitative estimate of drug-likeness (QED) is 0.0505. The predicted molar refractivity (Wildman–Crippen MR) is 217 cm³/mol. The number of rotatable bonds is 17. The number of methoxy groups -OCH3 is 1. The van der Waals surface area contributed by atoms with Crippen LogP contribution in [0.15, 0.2) is 101 Å². The molecule has 2 saturated heterocycles. The molecule has 0 bridgehead atoms. The summed E-state index contributed by atoms with van der Waals surface area (Å²) in [5.74, 6) is -5.84.